The van der Waals surface area contributed by atoms with Gasteiger partial charge in [0.15, 0.2) is 0 Å². The van der Waals surface area contributed by atoms with Gasteiger partial charge in [-0.1, -0.05) is 36.4 Å². The first-order valence-electron chi connectivity index (χ1n) is 4.83. The summed E-state index contributed by atoms with van der Waals surface area (Å²) in [5, 5.41) is 7.56. The minimum Gasteiger partial charge on any atom is -0.394 e. The molecule has 0 saturated carbocycles. The molecule has 0 aliphatic rings. The van der Waals surface area contributed by atoms with Crippen LogP contribution in [-0.2, 0) is 7.05 Å². The number of nitrogens with one attached hydrogen (secondary N) is 1. The van der Waals surface area contributed by atoms with Gasteiger partial charge in [-0.05, 0) is 5.92 Å². The number of nitrogens with two attached hydrogens (primary N) is 1. The predicted molar refractivity (Wildman–Crippen MR) is 68.3 cm³/mol. The molecule has 1 aromatic rings. The maximum absolute atomic E-state index is 6.00. The van der Waals surface area contributed by atoms with Crippen LogP contribution in [0, 0.1) is 0 Å². The molecule has 4 nitrogen and oxygen atoms in total. The Morgan fingerprint density at radius 3 is 2.67 bits per heavy atom. The van der Waals surface area contributed by atoms with Crippen molar-refractivity contribution in [1.29, 1.82) is 0 Å². The monoisotopic (exact) mass is 272 g/mol. The molecule has 0 atom stereocenters. The zero-order valence-electron chi connectivity index (χ0n) is 9.34. The smallest absolute Gasteiger partial charge is 0.148 e. The van der Waals surface area contributed by atoms with E-state index < -0.39 is 0 Å². The number of hydrogen-bond donors (Lipinski definition) is 2. The summed E-state index contributed by atoms with van der Waals surface area (Å²) in [6.07, 6.45) is 0. The lowest BCUT2D eigenvalue weighted by Gasteiger charge is -2.06. The molecular formula is C10H17BrN4. The second-order valence-electron chi connectivity index (χ2n) is 3.80. The minimum atomic E-state index is 0.332. The van der Waals surface area contributed by atoms with Crippen molar-refractivity contribution in [3.8, 4) is 0 Å². The third-order valence-electron chi connectivity index (χ3n) is 2.11. The Bertz CT molecular complexity index is 368. The van der Waals surface area contributed by atoms with Gasteiger partial charge in [-0.2, -0.15) is 5.10 Å². The van der Waals surface area contributed by atoms with Crippen molar-refractivity contribution in [3.05, 3.63) is 16.8 Å². The predicted octanol–water partition coefficient (Wildman–Crippen LogP) is 2.45. The summed E-state index contributed by atoms with van der Waals surface area (Å²) in [5.41, 5.74) is 7.65. The van der Waals surface area contributed by atoms with E-state index in [-0.39, 0.29) is 0 Å². The van der Waals surface area contributed by atoms with Crippen molar-refractivity contribution in [3.63, 3.8) is 0 Å². The largest absolute Gasteiger partial charge is 0.394 e. The highest BCUT2D eigenvalue weighted by atomic mass is 79.9. The van der Waals surface area contributed by atoms with Crippen LogP contribution in [0.15, 0.2) is 11.1 Å². The normalized spacial score (nSPS) is 10.7. The quantitative estimate of drug-likeness (QED) is 0.886. The molecule has 0 spiro atoms. The maximum atomic E-state index is 6.00. The average molecular weight is 273 g/mol. The average Bonchev–Trinajstić information content (AvgIpc) is 2.39. The first-order chi connectivity index (χ1) is 6.93. The van der Waals surface area contributed by atoms with Crippen molar-refractivity contribution < 1.29 is 0 Å². The van der Waals surface area contributed by atoms with Crippen molar-refractivity contribution in [2.45, 2.75) is 19.8 Å². The fourth-order valence-corrected chi connectivity index (χ4v) is 1.52. The molecule has 0 unspecified atom stereocenters. The summed E-state index contributed by atoms with van der Waals surface area (Å²) >= 11 is 3.29. The summed E-state index contributed by atoms with van der Waals surface area (Å²) in [7, 11) is 1.88. The Labute approximate surface area is 98.7 Å². The van der Waals surface area contributed by atoms with E-state index in [1.165, 1.54) is 0 Å². The molecule has 0 bridgehead atoms. The Morgan fingerprint density at radius 1 is 1.67 bits per heavy atom. The van der Waals surface area contributed by atoms with E-state index in [4.69, 9.17) is 5.73 Å². The van der Waals surface area contributed by atoms with Crippen LogP contribution in [0.25, 0.3) is 0 Å². The Hall–Kier alpha value is -0.970. The second-order valence-corrected chi connectivity index (χ2v) is 4.92. The molecule has 0 fully saturated rings. The van der Waals surface area contributed by atoms with E-state index >= 15 is 0 Å². The van der Waals surface area contributed by atoms with Crippen LogP contribution in [0.3, 0.4) is 0 Å². The molecule has 0 aromatic carbocycles. The number of aromatic nitrogens is 2. The molecule has 1 aromatic heterocycles. The van der Waals surface area contributed by atoms with Gasteiger partial charge in [0, 0.05) is 18.1 Å². The van der Waals surface area contributed by atoms with Crippen LogP contribution in [-0.4, -0.2) is 16.3 Å². The lowest BCUT2D eigenvalue weighted by molar-refractivity contribution is 0.716. The standard InChI is InChI=1S/C10H17BrN4/c1-6(2)9-8(12)10(15(4)14-9)13-5-7(3)11/h6,13H,3,5,12H2,1-2,4H3. The molecule has 0 saturated heterocycles. The second kappa shape index (κ2) is 4.70. The molecule has 0 aliphatic heterocycles. The van der Waals surface area contributed by atoms with E-state index in [2.05, 4.69) is 46.8 Å². The lowest BCUT2D eigenvalue weighted by atomic mass is 10.1. The summed E-state index contributed by atoms with van der Waals surface area (Å²) in [4.78, 5) is 0. The Balaban J connectivity index is 2.92. The molecule has 1 rings (SSSR count). The molecule has 84 valence electrons. The highest BCUT2D eigenvalue weighted by molar-refractivity contribution is 9.11. The van der Waals surface area contributed by atoms with Crippen LogP contribution in [0.4, 0.5) is 11.5 Å². The van der Waals surface area contributed by atoms with Gasteiger partial charge in [0.25, 0.3) is 0 Å². The minimum absolute atomic E-state index is 0.332. The van der Waals surface area contributed by atoms with Crippen LogP contribution < -0.4 is 11.1 Å². The Kier molecular flexibility index (Phi) is 3.79. The van der Waals surface area contributed by atoms with Crippen molar-refractivity contribution in [2.75, 3.05) is 17.6 Å². The molecule has 0 aliphatic carbocycles. The van der Waals surface area contributed by atoms with Crippen molar-refractivity contribution in [2.24, 2.45) is 7.05 Å². The number of halogens is 1. The van der Waals surface area contributed by atoms with E-state index in [1.54, 1.807) is 4.68 Å². The van der Waals surface area contributed by atoms with E-state index in [0.29, 0.717) is 12.5 Å². The van der Waals surface area contributed by atoms with Crippen molar-refractivity contribution >= 4 is 27.4 Å². The van der Waals surface area contributed by atoms with Crippen LogP contribution in [0.5, 0.6) is 0 Å². The van der Waals surface area contributed by atoms with Crippen LogP contribution in [0.2, 0.25) is 0 Å². The Morgan fingerprint density at radius 2 is 2.27 bits per heavy atom. The highest BCUT2D eigenvalue weighted by Crippen LogP contribution is 2.27. The molecule has 0 radical (unpaired) electrons. The SMILES string of the molecule is C=C(Br)CNc1c(N)c(C(C)C)nn1C. The fraction of sp³-hybridized carbons (Fsp3) is 0.500. The maximum Gasteiger partial charge on any atom is 0.148 e. The third-order valence-corrected chi connectivity index (χ3v) is 2.39. The summed E-state index contributed by atoms with van der Waals surface area (Å²) in [6.45, 7) is 8.55. The number of hydrogen-bond acceptors (Lipinski definition) is 3. The molecular weight excluding hydrogens is 256 g/mol. The lowest BCUT2D eigenvalue weighted by Crippen LogP contribution is -2.07. The van der Waals surface area contributed by atoms with Gasteiger partial charge in [-0.15, -0.1) is 0 Å². The van der Waals surface area contributed by atoms with Gasteiger partial charge in [0.2, 0.25) is 0 Å². The fourth-order valence-electron chi connectivity index (χ4n) is 1.38. The molecule has 0 amide bonds. The number of aryl methyl sites for hydroxylation is 1. The molecule has 3 N–H and O–H groups in total. The van der Waals surface area contributed by atoms with E-state index in [0.717, 1.165) is 21.7 Å². The van der Waals surface area contributed by atoms with Crippen LogP contribution >= 0.6 is 15.9 Å². The highest BCUT2D eigenvalue weighted by Gasteiger charge is 2.15. The third kappa shape index (κ3) is 2.75. The van der Waals surface area contributed by atoms with Gasteiger partial charge in [-0.3, -0.25) is 4.68 Å². The summed E-state index contributed by atoms with van der Waals surface area (Å²) in [5.74, 6) is 1.18. The summed E-state index contributed by atoms with van der Waals surface area (Å²) in [6, 6.07) is 0. The van der Waals surface area contributed by atoms with E-state index in [1.807, 2.05) is 7.05 Å². The molecule has 1 heterocycles. The zero-order chi connectivity index (χ0) is 11.6. The number of nitrogens with zero attached hydrogens (tertiary/aromatic N) is 2. The number of anilines is 2. The van der Waals surface area contributed by atoms with Crippen LogP contribution in [0.1, 0.15) is 25.5 Å². The zero-order valence-corrected chi connectivity index (χ0v) is 10.9. The number of nitrogen functional groups attached to an aromatic ring is 1. The van der Waals surface area contributed by atoms with E-state index in [9.17, 15) is 0 Å². The first-order valence-corrected chi connectivity index (χ1v) is 5.62. The van der Waals surface area contributed by atoms with Gasteiger partial charge in [0.05, 0.1) is 11.4 Å². The van der Waals surface area contributed by atoms with Gasteiger partial charge in [0.1, 0.15) is 5.82 Å². The van der Waals surface area contributed by atoms with Gasteiger partial charge < -0.3 is 11.1 Å². The first kappa shape index (κ1) is 12.1. The van der Waals surface area contributed by atoms with Crippen molar-refractivity contribution in [1.82, 2.24) is 9.78 Å². The van der Waals surface area contributed by atoms with Gasteiger partial charge >= 0.3 is 0 Å². The number of rotatable bonds is 4. The van der Waals surface area contributed by atoms with Gasteiger partial charge in [-0.25, -0.2) is 0 Å². The molecule has 15 heavy (non-hydrogen) atoms. The topological polar surface area (TPSA) is 55.9 Å². The summed E-state index contributed by atoms with van der Waals surface area (Å²) < 4.78 is 2.65. The molecule has 5 heteroatoms.